The molecular weight excluding hydrogens is 745 g/mol. The molecule has 9 heteroatoms. The second kappa shape index (κ2) is 27.0. The molecule has 2 aromatic carbocycles. The Morgan fingerprint density at radius 2 is 0.660 bits per heavy atom. The maximum atomic E-state index is 11.8. The number of hydrogen-bond acceptors (Lipinski definition) is 6. The zero-order valence-corrected chi connectivity index (χ0v) is 37.4. The summed E-state index contributed by atoms with van der Waals surface area (Å²) in [4.78, 5) is 47.0. The summed E-state index contributed by atoms with van der Waals surface area (Å²) >= 11 is 0. The summed E-state index contributed by atoms with van der Waals surface area (Å²) in [5, 5.41) is 0. The molecule has 53 heavy (non-hydrogen) atoms. The Hall–Kier alpha value is -0.766. The molecule has 0 N–H and O–H groups in total. The molecule has 2 aromatic rings. The molecule has 2 rings (SSSR count). The van der Waals surface area contributed by atoms with Gasteiger partial charge in [0.25, 0.3) is 0 Å². The van der Waals surface area contributed by atoms with E-state index in [9.17, 15) is 28.7 Å². The SMILES string of the molecule is CCCCCCCCCCCC(c1ccc(C(C)(C)C)cc1)P(=O)([O-])[O-].CCCCCCCCCCCC(c1ccc(C(C)(C)C)cc1)P(=O)([O-])[O-].[Ni+4]. The van der Waals surface area contributed by atoms with E-state index < -0.39 is 26.5 Å². The molecule has 0 aliphatic heterocycles. The number of hydrogen-bond donors (Lipinski definition) is 0. The molecule has 0 saturated carbocycles. The summed E-state index contributed by atoms with van der Waals surface area (Å²) in [5.41, 5.74) is 1.84. The largest absolute Gasteiger partial charge is 4.00 e. The van der Waals surface area contributed by atoms with Gasteiger partial charge in [0.05, 0.1) is 0 Å². The van der Waals surface area contributed by atoms with Gasteiger partial charge in [-0.2, -0.15) is 0 Å². The van der Waals surface area contributed by atoms with Crippen LogP contribution in [-0.4, -0.2) is 0 Å². The van der Waals surface area contributed by atoms with Crippen LogP contribution in [0.25, 0.3) is 0 Å². The van der Waals surface area contributed by atoms with E-state index in [-0.39, 0.29) is 27.3 Å². The van der Waals surface area contributed by atoms with Gasteiger partial charge in [0.1, 0.15) is 0 Å². The van der Waals surface area contributed by atoms with Crippen LogP contribution < -0.4 is 19.6 Å². The second-order valence-electron chi connectivity index (χ2n) is 17.1. The van der Waals surface area contributed by atoms with Crippen molar-refractivity contribution in [1.82, 2.24) is 0 Å². The first-order valence-electron chi connectivity index (χ1n) is 20.6. The molecule has 0 spiro atoms. The van der Waals surface area contributed by atoms with Crippen LogP contribution in [0.1, 0.15) is 217 Å². The van der Waals surface area contributed by atoms with Crippen LogP contribution in [0.2, 0.25) is 0 Å². The van der Waals surface area contributed by atoms with Gasteiger partial charge < -0.3 is 28.7 Å². The zero-order chi connectivity index (χ0) is 39.3. The van der Waals surface area contributed by atoms with Crippen molar-refractivity contribution in [2.45, 2.75) is 206 Å². The van der Waals surface area contributed by atoms with E-state index in [1.54, 1.807) is 0 Å². The van der Waals surface area contributed by atoms with Crippen LogP contribution in [0.5, 0.6) is 0 Å². The zero-order valence-electron chi connectivity index (χ0n) is 34.6. The quantitative estimate of drug-likeness (QED) is 0.0589. The second-order valence-corrected chi connectivity index (χ2v) is 20.5. The predicted molar refractivity (Wildman–Crippen MR) is 215 cm³/mol. The van der Waals surface area contributed by atoms with Crippen molar-refractivity contribution in [3.63, 3.8) is 0 Å². The van der Waals surface area contributed by atoms with E-state index in [4.69, 9.17) is 0 Å². The third-order valence-corrected chi connectivity index (χ3v) is 12.9. The first kappa shape index (κ1) is 52.2. The fraction of sp³-hybridized carbons (Fsp3) is 0.727. The van der Waals surface area contributed by atoms with Gasteiger partial charge >= 0.3 is 16.5 Å². The van der Waals surface area contributed by atoms with E-state index in [1.165, 1.54) is 77.0 Å². The summed E-state index contributed by atoms with van der Waals surface area (Å²) in [6, 6.07) is 15.1. The minimum Gasteiger partial charge on any atom is -0.810 e. The van der Waals surface area contributed by atoms with Crippen LogP contribution in [0.3, 0.4) is 0 Å². The number of rotatable bonds is 24. The molecule has 2 unspecified atom stereocenters. The Balaban J connectivity index is 0.00000100. The van der Waals surface area contributed by atoms with Gasteiger partial charge in [-0.3, -0.25) is 0 Å². The van der Waals surface area contributed by atoms with Gasteiger partial charge in [0, 0.05) is 11.3 Å². The average molecular weight is 820 g/mol. The Morgan fingerprint density at radius 3 is 0.868 bits per heavy atom. The first-order chi connectivity index (χ1) is 24.3. The maximum Gasteiger partial charge on any atom is 4.00 e. The van der Waals surface area contributed by atoms with Crippen LogP contribution in [-0.2, 0) is 36.5 Å². The van der Waals surface area contributed by atoms with Gasteiger partial charge in [0.15, 0.2) is 0 Å². The van der Waals surface area contributed by atoms with Crippen molar-refractivity contribution in [3.8, 4) is 0 Å². The minimum atomic E-state index is -4.63. The summed E-state index contributed by atoms with van der Waals surface area (Å²) in [5.74, 6) is 0. The van der Waals surface area contributed by atoms with E-state index in [0.29, 0.717) is 24.0 Å². The predicted octanol–water partition coefficient (Wildman–Crippen LogP) is 11.7. The molecule has 0 aliphatic carbocycles. The maximum absolute atomic E-state index is 11.8. The van der Waals surface area contributed by atoms with Gasteiger partial charge in [-0.05, 0) is 45.9 Å². The van der Waals surface area contributed by atoms with Crippen LogP contribution in [0.4, 0.5) is 0 Å². The third kappa shape index (κ3) is 23.2. The van der Waals surface area contributed by atoms with Crippen LogP contribution >= 0.6 is 15.2 Å². The molecular formula is C44H74NiO6P2. The van der Waals surface area contributed by atoms with E-state index in [2.05, 4.69) is 55.4 Å². The molecule has 2 atom stereocenters. The summed E-state index contributed by atoms with van der Waals surface area (Å²) < 4.78 is 23.5. The van der Waals surface area contributed by atoms with Gasteiger partial charge in [-0.15, -0.1) is 0 Å². The van der Waals surface area contributed by atoms with Gasteiger partial charge in [0.2, 0.25) is 0 Å². The number of unbranched alkanes of at least 4 members (excludes halogenated alkanes) is 16. The van der Waals surface area contributed by atoms with Crippen molar-refractivity contribution >= 4 is 15.2 Å². The summed E-state index contributed by atoms with van der Waals surface area (Å²) in [6.45, 7) is 17.2. The molecule has 0 aliphatic rings. The van der Waals surface area contributed by atoms with Gasteiger partial charge in [-0.25, -0.2) is 0 Å². The Labute approximate surface area is 335 Å². The molecule has 0 aromatic heterocycles. The summed E-state index contributed by atoms with van der Waals surface area (Å²) in [7, 11) is -9.26. The van der Waals surface area contributed by atoms with Crippen molar-refractivity contribution in [2.75, 3.05) is 0 Å². The topological polar surface area (TPSA) is 126 Å². The standard InChI is InChI=1S/2C22H39O3P.Ni/c2*1-5-6-7-8-9-10-11-12-13-14-21(26(23,24)25)19-15-17-20(18-16-19)22(2,3)4;/h2*15-18,21H,5-14H2,1-4H3,(H2,23,24,25);/q;;+4/p-4. The molecule has 0 amide bonds. The fourth-order valence-corrected chi connectivity index (χ4v) is 8.79. The normalized spacial score (nSPS) is 13.5. The Morgan fingerprint density at radius 1 is 0.434 bits per heavy atom. The third-order valence-electron chi connectivity index (χ3n) is 10.2. The monoisotopic (exact) mass is 818 g/mol. The van der Waals surface area contributed by atoms with E-state index in [0.717, 1.165) is 49.7 Å². The average Bonchev–Trinajstić information content (AvgIpc) is 3.05. The van der Waals surface area contributed by atoms with Crippen molar-refractivity contribution < 1.29 is 45.2 Å². The smallest absolute Gasteiger partial charge is 0.810 e. The fourth-order valence-electron chi connectivity index (χ4n) is 6.72. The molecule has 0 radical (unpaired) electrons. The van der Waals surface area contributed by atoms with Crippen molar-refractivity contribution in [1.29, 1.82) is 0 Å². The molecule has 0 fully saturated rings. The minimum absolute atomic E-state index is 0. The Bertz CT molecular complexity index is 1190. The molecule has 0 heterocycles. The molecule has 306 valence electrons. The van der Waals surface area contributed by atoms with E-state index >= 15 is 0 Å². The van der Waals surface area contributed by atoms with Crippen LogP contribution in [0.15, 0.2) is 48.5 Å². The van der Waals surface area contributed by atoms with E-state index in [1.807, 2.05) is 48.5 Å². The summed E-state index contributed by atoms with van der Waals surface area (Å²) in [6.07, 6.45) is 22.1. The molecule has 0 saturated heterocycles. The molecule has 6 nitrogen and oxygen atoms in total. The van der Waals surface area contributed by atoms with Gasteiger partial charge in [-0.1, -0.05) is 235 Å². The molecule has 0 bridgehead atoms. The van der Waals surface area contributed by atoms with Crippen molar-refractivity contribution in [3.05, 3.63) is 70.8 Å². The number of benzene rings is 2. The first-order valence-corrected chi connectivity index (χ1v) is 23.8. The Kier molecular flexibility index (Phi) is 26.6. The van der Waals surface area contributed by atoms with Crippen molar-refractivity contribution in [2.24, 2.45) is 0 Å². The van der Waals surface area contributed by atoms with Crippen LogP contribution in [0, 0.1) is 0 Å².